The lowest BCUT2D eigenvalue weighted by Crippen LogP contribution is -2.23. The van der Waals surface area contributed by atoms with Crippen molar-refractivity contribution in [3.8, 4) is 5.75 Å². The number of thiazole rings is 1. The Morgan fingerprint density at radius 1 is 1.07 bits per heavy atom. The Labute approximate surface area is 177 Å². The standard InChI is InChI=1S/C22H21N3O2S2/c1-2-12-25-21(26)18-10-6-7-11-19(18)24-22(25)29-15-16-14-28-20(23-16)13-27-17-8-4-3-5-9-17/h3-11,14H,2,12-13,15H2,1H3. The van der Waals surface area contributed by atoms with Crippen LogP contribution < -0.4 is 10.3 Å². The number of fused-ring (bicyclic) bond motifs is 1. The van der Waals surface area contributed by atoms with E-state index >= 15 is 0 Å². The van der Waals surface area contributed by atoms with E-state index in [1.54, 1.807) is 27.7 Å². The molecule has 0 fully saturated rings. The van der Waals surface area contributed by atoms with E-state index in [1.165, 1.54) is 0 Å². The van der Waals surface area contributed by atoms with Crippen LogP contribution in [0.3, 0.4) is 0 Å². The highest BCUT2D eigenvalue weighted by atomic mass is 32.2. The average molecular weight is 424 g/mol. The van der Waals surface area contributed by atoms with Crippen LogP contribution in [0.1, 0.15) is 24.0 Å². The molecule has 5 nitrogen and oxygen atoms in total. The third kappa shape index (κ3) is 4.68. The minimum absolute atomic E-state index is 0.0233. The van der Waals surface area contributed by atoms with Crippen LogP contribution in [-0.2, 0) is 18.9 Å². The summed E-state index contributed by atoms with van der Waals surface area (Å²) in [6.45, 7) is 3.18. The highest BCUT2D eigenvalue weighted by molar-refractivity contribution is 7.98. The lowest BCUT2D eigenvalue weighted by molar-refractivity contribution is 0.305. The molecule has 0 aliphatic carbocycles. The zero-order chi connectivity index (χ0) is 20.1. The predicted octanol–water partition coefficient (Wildman–Crippen LogP) is 5.13. The van der Waals surface area contributed by atoms with Gasteiger partial charge < -0.3 is 4.74 Å². The lowest BCUT2D eigenvalue weighted by atomic mass is 10.2. The molecule has 2 aromatic heterocycles. The van der Waals surface area contributed by atoms with E-state index in [1.807, 2.05) is 60.0 Å². The van der Waals surface area contributed by atoms with E-state index < -0.39 is 0 Å². The monoisotopic (exact) mass is 423 g/mol. The normalized spacial score (nSPS) is 11.1. The summed E-state index contributed by atoms with van der Waals surface area (Å²) < 4.78 is 7.54. The maximum Gasteiger partial charge on any atom is 0.262 e. The molecule has 148 valence electrons. The van der Waals surface area contributed by atoms with Gasteiger partial charge >= 0.3 is 0 Å². The maximum absolute atomic E-state index is 12.9. The van der Waals surface area contributed by atoms with Crippen molar-refractivity contribution in [2.75, 3.05) is 0 Å². The average Bonchev–Trinajstić information content (AvgIpc) is 3.22. The summed E-state index contributed by atoms with van der Waals surface area (Å²) in [5.41, 5.74) is 1.73. The third-order valence-corrected chi connectivity index (χ3v) is 6.21. The van der Waals surface area contributed by atoms with Gasteiger partial charge in [0, 0.05) is 17.7 Å². The summed E-state index contributed by atoms with van der Waals surface area (Å²) in [5.74, 6) is 1.50. The fraction of sp³-hybridized carbons (Fsp3) is 0.227. The van der Waals surface area contributed by atoms with Gasteiger partial charge in [-0.05, 0) is 30.7 Å². The van der Waals surface area contributed by atoms with Crippen LogP contribution in [0.5, 0.6) is 5.75 Å². The van der Waals surface area contributed by atoms with E-state index in [-0.39, 0.29) is 5.56 Å². The molecule has 7 heteroatoms. The van der Waals surface area contributed by atoms with Crippen LogP contribution in [0.4, 0.5) is 0 Å². The molecule has 0 saturated carbocycles. The van der Waals surface area contributed by atoms with Crippen LogP contribution in [0, 0.1) is 0 Å². The Morgan fingerprint density at radius 3 is 2.69 bits per heavy atom. The number of aromatic nitrogens is 3. The van der Waals surface area contributed by atoms with Crippen LogP contribution in [0.25, 0.3) is 10.9 Å². The third-order valence-electron chi connectivity index (χ3n) is 4.33. The number of hydrogen-bond donors (Lipinski definition) is 0. The number of nitrogens with zero attached hydrogens (tertiary/aromatic N) is 3. The van der Waals surface area contributed by atoms with Gasteiger partial charge in [-0.15, -0.1) is 11.3 Å². The maximum atomic E-state index is 12.9. The smallest absolute Gasteiger partial charge is 0.262 e. The Kier molecular flexibility index (Phi) is 6.27. The molecule has 0 atom stereocenters. The first-order valence-corrected chi connectivity index (χ1v) is 11.3. The minimum atomic E-state index is 0.0233. The number of thioether (sulfide) groups is 1. The largest absolute Gasteiger partial charge is 0.486 e. The van der Waals surface area contributed by atoms with Gasteiger partial charge in [0.05, 0.1) is 16.6 Å². The van der Waals surface area contributed by atoms with Crippen molar-refractivity contribution >= 4 is 34.0 Å². The van der Waals surface area contributed by atoms with Crippen molar-refractivity contribution in [1.82, 2.24) is 14.5 Å². The van der Waals surface area contributed by atoms with Crippen molar-refractivity contribution in [2.24, 2.45) is 0 Å². The van der Waals surface area contributed by atoms with Crippen molar-refractivity contribution in [3.63, 3.8) is 0 Å². The summed E-state index contributed by atoms with van der Waals surface area (Å²) in [4.78, 5) is 22.2. The van der Waals surface area contributed by atoms with Crippen LogP contribution in [0.2, 0.25) is 0 Å². The number of ether oxygens (including phenoxy) is 1. The Balaban J connectivity index is 1.47. The molecule has 2 heterocycles. The van der Waals surface area contributed by atoms with Gasteiger partial charge in [0.2, 0.25) is 0 Å². The second-order valence-electron chi connectivity index (χ2n) is 6.49. The molecule has 0 N–H and O–H groups in total. The van der Waals surface area contributed by atoms with E-state index in [2.05, 4.69) is 11.9 Å². The molecule has 0 saturated heterocycles. The fourth-order valence-corrected chi connectivity index (χ4v) is 4.69. The zero-order valence-electron chi connectivity index (χ0n) is 16.1. The van der Waals surface area contributed by atoms with Crippen LogP contribution >= 0.6 is 23.1 Å². The molecule has 0 aliphatic rings. The second kappa shape index (κ2) is 9.24. The van der Waals surface area contributed by atoms with Crippen LogP contribution in [-0.4, -0.2) is 14.5 Å². The molecule has 29 heavy (non-hydrogen) atoms. The molecule has 0 amide bonds. The molecule has 0 aliphatic heterocycles. The fourth-order valence-electron chi connectivity index (χ4n) is 2.96. The SMILES string of the molecule is CCCn1c(SCc2csc(COc3ccccc3)n2)nc2ccccc2c1=O. The first-order chi connectivity index (χ1) is 14.2. The van der Waals surface area contributed by atoms with E-state index in [4.69, 9.17) is 9.72 Å². The summed E-state index contributed by atoms with van der Waals surface area (Å²) in [5, 5.41) is 4.38. The van der Waals surface area contributed by atoms with Crippen molar-refractivity contribution in [2.45, 2.75) is 37.4 Å². The molecule has 0 bridgehead atoms. The van der Waals surface area contributed by atoms with E-state index in [0.717, 1.165) is 33.5 Å². The first-order valence-electron chi connectivity index (χ1n) is 9.48. The highest BCUT2D eigenvalue weighted by Gasteiger charge is 2.12. The van der Waals surface area contributed by atoms with E-state index in [9.17, 15) is 4.79 Å². The summed E-state index contributed by atoms with van der Waals surface area (Å²) >= 11 is 3.14. The van der Waals surface area contributed by atoms with Crippen molar-refractivity contribution in [1.29, 1.82) is 0 Å². The van der Waals surface area contributed by atoms with Crippen LogP contribution in [0.15, 0.2) is 69.9 Å². The number of hydrogen-bond acceptors (Lipinski definition) is 6. The molecular weight excluding hydrogens is 402 g/mol. The van der Waals surface area contributed by atoms with Gasteiger partial charge in [-0.2, -0.15) is 0 Å². The van der Waals surface area contributed by atoms with Gasteiger partial charge in [-0.25, -0.2) is 9.97 Å². The Bertz CT molecular complexity index is 1160. The number of benzene rings is 2. The second-order valence-corrected chi connectivity index (χ2v) is 8.38. The molecule has 4 rings (SSSR count). The zero-order valence-corrected chi connectivity index (χ0v) is 17.7. The van der Waals surface area contributed by atoms with Gasteiger partial charge in [-0.1, -0.05) is 49.0 Å². The first kappa shape index (κ1) is 19.7. The quantitative estimate of drug-likeness (QED) is 0.290. The number of rotatable bonds is 8. The molecule has 0 spiro atoms. The highest BCUT2D eigenvalue weighted by Crippen LogP contribution is 2.24. The summed E-state index contributed by atoms with van der Waals surface area (Å²) in [6, 6.07) is 17.2. The predicted molar refractivity (Wildman–Crippen MR) is 119 cm³/mol. The van der Waals surface area contributed by atoms with Crippen molar-refractivity contribution < 1.29 is 4.74 Å². The number of para-hydroxylation sites is 2. The molecule has 0 unspecified atom stereocenters. The van der Waals surface area contributed by atoms with Gasteiger partial charge in [0.15, 0.2) is 5.16 Å². The Morgan fingerprint density at radius 2 is 1.86 bits per heavy atom. The minimum Gasteiger partial charge on any atom is -0.486 e. The van der Waals surface area contributed by atoms with Gasteiger partial charge in [0.25, 0.3) is 5.56 Å². The lowest BCUT2D eigenvalue weighted by Gasteiger charge is -2.11. The molecular formula is C22H21N3O2S2. The summed E-state index contributed by atoms with van der Waals surface area (Å²) in [6.07, 6.45) is 0.880. The van der Waals surface area contributed by atoms with Gasteiger partial charge in [0.1, 0.15) is 17.4 Å². The topological polar surface area (TPSA) is 57.0 Å². The summed E-state index contributed by atoms with van der Waals surface area (Å²) in [7, 11) is 0. The molecule has 4 aromatic rings. The van der Waals surface area contributed by atoms with E-state index in [0.29, 0.717) is 24.3 Å². The van der Waals surface area contributed by atoms with Crippen molar-refractivity contribution in [3.05, 3.63) is 81.0 Å². The molecule has 0 radical (unpaired) electrons. The molecule has 2 aromatic carbocycles. The Hall–Kier alpha value is -2.64. The van der Waals surface area contributed by atoms with Gasteiger partial charge in [-0.3, -0.25) is 9.36 Å².